The van der Waals surface area contributed by atoms with E-state index in [0.29, 0.717) is 17.3 Å². The summed E-state index contributed by atoms with van der Waals surface area (Å²) in [4.78, 5) is 17.2. The lowest BCUT2D eigenvalue weighted by molar-refractivity contribution is 0.102. The minimum absolute atomic E-state index is 0. The highest BCUT2D eigenvalue weighted by molar-refractivity contribution is 6.04. The number of nitrogens with one attached hydrogen (secondary N) is 2. The zero-order valence-corrected chi connectivity index (χ0v) is 17.2. The van der Waals surface area contributed by atoms with Gasteiger partial charge in [-0.3, -0.25) is 10.1 Å². The molecule has 158 valence electrons. The van der Waals surface area contributed by atoms with Gasteiger partial charge in [0.2, 0.25) is 5.95 Å². The van der Waals surface area contributed by atoms with Crippen LogP contribution in [0.15, 0.2) is 42.5 Å². The second-order valence-electron chi connectivity index (χ2n) is 7.07. The quantitative estimate of drug-likeness (QED) is 0.654. The van der Waals surface area contributed by atoms with Gasteiger partial charge in [0.1, 0.15) is 11.6 Å². The maximum atomic E-state index is 14.1. The third kappa shape index (κ3) is 4.49. The van der Waals surface area contributed by atoms with Crippen molar-refractivity contribution in [1.82, 2.24) is 20.1 Å². The van der Waals surface area contributed by atoms with Crippen LogP contribution >= 0.6 is 12.4 Å². The molecule has 1 aromatic heterocycles. The van der Waals surface area contributed by atoms with E-state index >= 15 is 0 Å². The Balaban J connectivity index is 0.00000256. The SMILES string of the molecule is Cl.Cn1nc(C2CCNCC2)nc1NC(=O)c1cccc(-c2c(F)cccc2F)c1. The van der Waals surface area contributed by atoms with Gasteiger partial charge in [-0.05, 0) is 55.8 Å². The van der Waals surface area contributed by atoms with Crippen LogP contribution in [-0.4, -0.2) is 33.8 Å². The molecule has 1 saturated heterocycles. The second kappa shape index (κ2) is 9.32. The summed E-state index contributed by atoms with van der Waals surface area (Å²) in [6.45, 7) is 1.84. The van der Waals surface area contributed by atoms with Gasteiger partial charge in [0.15, 0.2) is 5.82 Å². The molecule has 0 bridgehead atoms. The average molecular weight is 434 g/mol. The number of halogens is 3. The van der Waals surface area contributed by atoms with Gasteiger partial charge in [-0.2, -0.15) is 10.1 Å². The van der Waals surface area contributed by atoms with Crippen molar-refractivity contribution in [2.45, 2.75) is 18.8 Å². The molecule has 1 aliphatic heterocycles. The van der Waals surface area contributed by atoms with E-state index in [1.165, 1.54) is 28.9 Å². The number of carbonyl (C=O) groups is 1. The lowest BCUT2D eigenvalue weighted by Gasteiger charge is -2.19. The van der Waals surface area contributed by atoms with Gasteiger partial charge in [-0.25, -0.2) is 13.5 Å². The molecule has 30 heavy (non-hydrogen) atoms. The molecule has 0 unspecified atom stereocenters. The second-order valence-corrected chi connectivity index (χ2v) is 7.07. The van der Waals surface area contributed by atoms with Crippen molar-refractivity contribution >= 4 is 24.3 Å². The van der Waals surface area contributed by atoms with Crippen LogP contribution in [0.2, 0.25) is 0 Å². The molecule has 2 N–H and O–H groups in total. The molecule has 0 aliphatic carbocycles. The Hall–Kier alpha value is -2.84. The fourth-order valence-corrected chi connectivity index (χ4v) is 3.53. The molecule has 0 saturated carbocycles. The maximum absolute atomic E-state index is 14.1. The number of anilines is 1. The van der Waals surface area contributed by atoms with E-state index in [-0.39, 0.29) is 29.5 Å². The first kappa shape index (κ1) is 21.9. The third-order valence-corrected chi connectivity index (χ3v) is 5.09. The first-order valence-electron chi connectivity index (χ1n) is 9.50. The first-order valence-corrected chi connectivity index (χ1v) is 9.50. The molecule has 1 aliphatic rings. The molecule has 2 aromatic carbocycles. The number of rotatable bonds is 4. The predicted molar refractivity (Wildman–Crippen MR) is 113 cm³/mol. The van der Waals surface area contributed by atoms with Crippen molar-refractivity contribution in [2.75, 3.05) is 18.4 Å². The van der Waals surface area contributed by atoms with Gasteiger partial charge in [-0.1, -0.05) is 18.2 Å². The van der Waals surface area contributed by atoms with Gasteiger partial charge in [0.25, 0.3) is 5.91 Å². The highest BCUT2D eigenvalue weighted by Crippen LogP contribution is 2.27. The van der Waals surface area contributed by atoms with Gasteiger partial charge < -0.3 is 5.32 Å². The molecular formula is C21H22ClF2N5O. The molecule has 6 nitrogen and oxygen atoms in total. The van der Waals surface area contributed by atoms with Crippen LogP contribution in [0.5, 0.6) is 0 Å². The van der Waals surface area contributed by atoms with Gasteiger partial charge in [0.05, 0.1) is 5.56 Å². The van der Waals surface area contributed by atoms with E-state index < -0.39 is 17.5 Å². The van der Waals surface area contributed by atoms with Gasteiger partial charge in [0, 0.05) is 18.5 Å². The van der Waals surface area contributed by atoms with Crippen molar-refractivity contribution in [3.63, 3.8) is 0 Å². The summed E-state index contributed by atoms with van der Waals surface area (Å²) in [5.74, 6) is -0.459. The molecular weight excluding hydrogens is 412 g/mol. The highest BCUT2D eigenvalue weighted by Gasteiger charge is 2.22. The summed E-state index contributed by atoms with van der Waals surface area (Å²) in [6.07, 6.45) is 1.90. The normalized spacial score (nSPS) is 14.2. The van der Waals surface area contributed by atoms with Crippen LogP contribution < -0.4 is 10.6 Å². The number of aryl methyl sites for hydroxylation is 1. The summed E-state index contributed by atoms with van der Waals surface area (Å²) < 4.78 is 29.7. The lowest BCUT2D eigenvalue weighted by atomic mass is 9.98. The number of benzene rings is 2. The van der Waals surface area contributed by atoms with Crippen LogP contribution in [0, 0.1) is 11.6 Å². The smallest absolute Gasteiger partial charge is 0.258 e. The third-order valence-electron chi connectivity index (χ3n) is 5.09. The summed E-state index contributed by atoms with van der Waals surface area (Å²) in [7, 11) is 1.72. The van der Waals surface area contributed by atoms with Crippen LogP contribution in [0.1, 0.15) is 34.9 Å². The van der Waals surface area contributed by atoms with Crippen molar-refractivity contribution < 1.29 is 13.6 Å². The Morgan fingerprint density at radius 2 is 1.80 bits per heavy atom. The van der Waals surface area contributed by atoms with E-state index in [2.05, 4.69) is 20.7 Å². The monoisotopic (exact) mass is 433 g/mol. The largest absolute Gasteiger partial charge is 0.317 e. The minimum Gasteiger partial charge on any atom is -0.317 e. The fourth-order valence-electron chi connectivity index (χ4n) is 3.53. The summed E-state index contributed by atoms with van der Waals surface area (Å²) in [5.41, 5.74) is 0.409. The molecule has 1 fully saturated rings. The number of hydrogen-bond acceptors (Lipinski definition) is 4. The maximum Gasteiger partial charge on any atom is 0.258 e. The Morgan fingerprint density at radius 1 is 1.13 bits per heavy atom. The summed E-state index contributed by atoms with van der Waals surface area (Å²) in [5, 5.41) is 10.5. The van der Waals surface area contributed by atoms with Gasteiger partial charge in [-0.15, -0.1) is 12.4 Å². The highest BCUT2D eigenvalue weighted by atomic mass is 35.5. The number of nitrogens with zero attached hydrogens (tertiary/aromatic N) is 3. The fraction of sp³-hybridized carbons (Fsp3) is 0.286. The molecule has 3 aromatic rings. The number of piperidine rings is 1. The topological polar surface area (TPSA) is 71.8 Å². The summed E-state index contributed by atoms with van der Waals surface area (Å²) >= 11 is 0. The van der Waals surface area contributed by atoms with Crippen LogP contribution in [0.25, 0.3) is 11.1 Å². The molecule has 1 amide bonds. The zero-order valence-electron chi connectivity index (χ0n) is 16.4. The van der Waals surface area contributed by atoms with E-state index in [0.717, 1.165) is 25.9 Å². The van der Waals surface area contributed by atoms with E-state index in [1.807, 2.05) is 0 Å². The van der Waals surface area contributed by atoms with Crippen LogP contribution in [-0.2, 0) is 7.05 Å². The summed E-state index contributed by atoms with van der Waals surface area (Å²) in [6, 6.07) is 9.88. The van der Waals surface area contributed by atoms with Crippen LogP contribution in [0.3, 0.4) is 0 Å². The van der Waals surface area contributed by atoms with Crippen molar-refractivity contribution in [2.24, 2.45) is 7.05 Å². The Labute approximate surface area is 179 Å². The predicted octanol–water partition coefficient (Wildman–Crippen LogP) is 3.90. The van der Waals surface area contributed by atoms with Crippen molar-refractivity contribution in [1.29, 1.82) is 0 Å². The molecule has 0 spiro atoms. The van der Waals surface area contributed by atoms with E-state index in [4.69, 9.17) is 0 Å². The van der Waals surface area contributed by atoms with Crippen molar-refractivity contribution in [3.8, 4) is 11.1 Å². The van der Waals surface area contributed by atoms with Gasteiger partial charge >= 0.3 is 0 Å². The average Bonchev–Trinajstić information content (AvgIpc) is 3.09. The lowest BCUT2D eigenvalue weighted by Crippen LogP contribution is -2.27. The number of hydrogen-bond donors (Lipinski definition) is 2. The zero-order chi connectivity index (χ0) is 20.4. The Kier molecular flexibility index (Phi) is 6.79. The van der Waals surface area contributed by atoms with E-state index in [1.54, 1.807) is 25.2 Å². The van der Waals surface area contributed by atoms with Crippen molar-refractivity contribution in [3.05, 3.63) is 65.5 Å². The standard InChI is InChI=1S/C21H21F2N5O.ClH/c1-28-21(25-19(27-28)13-8-10-24-11-9-13)26-20(29)15-5-2-4-14(12-15)18-16(22)6-3-7-17(18)23;/h2-7,12-13,24H,8-11H2,1H3,(H,25,26,27,29);1H. The molecule has 9 heteroatoms. The van der Waals surface area contributed by atoms with Crippen LogP contribution in [0.4, 0.5) is 14.7 Å². The number of carbonyl (C=O) groups excluding carboxylic acids is 1. The molecule has 0 radical (unpaired) electrons. The van der Waals surface area contributed by atoms with E-state index in [9.17, 15) is 13.6 Å². The first-order chi connectivity index (χ1) is 14.0. The molecule has 4 rings (SSSR count). The number of amides is 1. The Morgan fingerprint density at radius 3 is 2.50 bits per heavy atom. The molecule has 0 atom stereocenters. The number of aromatic nitrogens is 3. The Bertz CT molecular complexity index is 1030. The molecule has 2 heterocycles. The minimum atomic E-state index is -0.678.